The minimum absolute atomic E-state index is 0.0467. The van der Waals surface area contributed by atoms with E-state index in [-0.39, 0.29) is 17.9 Å². The average molecular weight is 338 g/mol. The molecule has 0 aliphatic rings. The number of nitrogens with zero attached hydrogens (tertiary/aromatic N) is 2. The molecule has 0 amide bonds. The number of aliphatic hydroxyl groups excluding tert-OH is 1. The van der Waals surface area contributed by atoms with Gasteiger partial charge in [-0.3, -0.25) is 9.98 Å². The van der Waals surface area contributed by atoms with Crippen LogP contribution in [0.15, 0.2) is 59.1 Å². The Bertz CT molecular complexity index is 806. The summed E-state index contributed by atoms with van der Waals surface area (Å²) in [5, 5.41) is 9.67. The number of esters is 1. The minimum Gasteiger partial charge on any atom is -0.512 e. The lowest BCUT2D eigenvalue weighted by Crippen LogP contribution is -2.10. The lowest BCUT2D eigenvalue weighted by molar-refractivity contribution is -0.138. The standard InChI is InChI=1S/C20H22N2O3/c1-4-15-12-21-10-9-18(15)16-7-6-8-17(11-16)22-13-19(14(3)23)20(24)25-5-2/h6-13,23H,4-5H2,1-3H3/b19-14-,22-13?. The van der Waals surface area contributed by atoms with Gasteiger partial charge in [0.2, 0.25) is 0 Å². The summed E-state index contributed by atoms with van der Waals surface area (Å²) in [4.78, 5) is 20.3. The Morgan fingerprint density at radius 2 is 2.12 bits per heavy atom. The van der Waals surface area contributed by atoms with Crippen LogP contribution in [0.3, 0.4) is 0 Å². The molecule has 25 heavy (non-hydrogen) atoms. The van der Waals surface area contributed by atoms with Gasteiger partial charge in [-0.2, -0.15) is 0 Å². The van der Waals surface area contributed by atoms with E-state index in [9.17, 15) is 9.90 Å². The molecular weight excluding hydrogens is 316 g/mol. The van der Waals surface area contributed by atoms with Gasteiger partial charge in [-0.1, -0.05) is 19.1 Å². The van der Waals surface area contributed by atoms with Gasteiger partial charge < -0.3 is 9.84 Å². The third-order valence-electron chi connectivity index (χ3n) is 3.67. The number of ether oxygens (including phenoxy) is 1. The number of rotatable bonds is 6. The summed E-state index contributed by atoms with van der Waals surface area (Å²) in [6.45, 7) is 5.46. The van der Waals surface area contributed by atoms with E-state index in [4.69, 9.17) is 4.74 Å². The number of carbonyl (C=O) groups excluding carboxylic acids is 1. The molecule has 5 heteroatoms. The molecule has 1 aromatic carbocycles. The van der Waals surface area contributed by atoms with Crippen molar-refractivity contribution in [1.29, 1.82) is 0 Å². The molecule has 0 saturated carbocycles. The Kier molecular flexibility index (Phi) is 6.46. The lowest BCUT2D eigenvalue weighted by atomic mass is 10.00. The SMILES string of the molecule is CCOC(=O)/C(C=Nc1cccc(-c2ccncc2CC)c1)=C(/C)O. The average Bonchev–Trinajstić information content (AvgIpc) is 2.62. The number of carbonyl (C=O) groups is 1. The van der Waals surface area contributed by atoms with Crippen molar-refractivity contribution >= 4 is 17.9 Å². The van der Waals surface area contributed by atoms with Crippen LogP contribution in [0.1, 0.15) is 26.3 Å². The molecule has 1 heterocycles. The van der Waals surface area contributed by atoms with Crippen LogP contribution in [0.5, 0.6) is 0 Å². The van der Waals surface area contributed by atoms with E-state index >= 15 is 0 Å². The topological polar surface area (TPSA) is 71.8 Å². The van der Waals surface area contributed by atoms with Gasteiger partial charge in [0.1, 0.15) is 11.3 Å². The molecule has 130 valence electrons. The van der Waals surface area contributed by atoms with Gasteiger partial charge in [0.25, 0.3) is 0 Å². The number of allylic oxidation sites excluding steroid dienone is 1. The zero-order valence-electron chi connectivity index (χ0n) is 14.7. The second-order valence-corrected chi connectivity index (χ2v) is 5.41. The molecule has 0 atom stereocenters. The number of aryl methyl sites for hydroxylation is 1. The summed E-state index contributed by atoms with van der Waals surface area (Å²) < 4.78 is 4.92. The highest BCUT2D eigenvalue weighted by atomic mass is 16.5. The molecule has 0 unspecified atom stereocenters. The molecule has 0 radical (unpaired) electrons. The molecule has 2 rings (SSSR count). The summed E-state index contributed by atoms with van der Waals surface area (Å²) in [5.74, 6) is -0.717. The highest BCUT2D eigenvalue weighted by molar-refractivity contribution is 6.10. The number of hydrogen-bond donors (Lipinski definition) is 1. The van der Waals surface area contributed by atoms with E-state index in [1.165, 1.54) is 13.1 Å². The third-order valence-corrected chi connectivity index (χ3v) is 3.67. The fourth-order valence-corrected chi connectivity index (χ4v) is 2.39. The Morgan fingerprint density at radius 1 is 1.32 bits per heavy atom. The number of aliphatic imine (C=N–C) groups is 1. The highest BCUT2D eigenvalue weighted by Crippen LogP contribution is 2.27. The van der Waals surface area contributed by atoms with E-state index in [2.05, 4.69) is 16.9 Å². The molecule has 0 bridgehead atoms. The summed E-state index contributed by atoms with van der Waals surface area (Å²) in [6.07, 6.45) is 5.85. The molecule has 0 saturated heterocycles. The van der Waals surface area contributed by atoms with Crippen LogP contribution in [-0.4, -0.2) is 28.9 Å². The first-order valence-electron chi connectivity index (χ1n) is 8.21. The number of pyridine rings is 1. The van der Waals surface area contributed by atoms with Crippen LogP contribution in [0.25, 0.3) is 11.1 Å². The predicted octanol–water partition coefficient (Wildman–Crippen LogP) is 4.41. The van der Waals surface area contributed by atoms with Gasteiger partial charge in [-0.05, 0) is 55.2 Å². The summed E-state index contributed by atoms with van der Waals surface area (Å²) in [5.41, 5.74) is 4.01. The molecule has 0 spiro atoms. The molecule has 5 nitrogen and oxygen atoms in total. The number of benzene rings is 1. The third kappa shape index (κ3) is 4.76. The maximum Gasteiger partial charge on any atom is 0.343 e. The van der Waals surface area contributed by atoms with Gasteiger partial charge in [0.05, 0.1) is 12.3 Å². The quantitative estimate of drug-likeness (QED) is 0.366. The molecule has 1 aromatic heterocycles. The fraction of sp³-hybridized carbons (Fsp3) is 0.250. The zero-order valence-corrected chi connectivity index (χ0v) is 14.7. The van der Waals surface area contributed by atoms with Crippen molar-refractivity contribution in [1.82, 2.24) is 4.98 Å². The molecule has 0 aliphatic heterocycles. The lowest BCUT2D eigenvalue weighted by Gasteiger charge is -2.08. The Labute approximate surface area is 147 Å². The van der Waals surface area contributed by atoms with Crippen LogP contribution in [0.4, 0.5) is 5.69 Å². The first-order chi connectivity index (χ1) is 12.1. The van der Waals surface area contributed by atoms with Crippen molar-refractivity contribution in [2.45, 2.75) is 27.2 Å². The van der Waals surface area contributed by atoms with Crippen molar-refractivity contribution in [2.75, 3.05) is 6.61 Å². The van der Waals surface area contributed by atoms with Crippen molar-refractivity contribution in [3.8, 4) is 11.1 Å². The van der Waals surface area contributed by atoms with Gasteiger partial charge in [-0.25, -0.2) is 4.79 Å². The van der Waals surface area contributed by atoms with E-state index in [0.29, 0.717) is 5.69 Å². The molecule has 0 aliphatic carbocycles. The normalized spacial score (nSPS) is 12.1. The first-order valence-corrected chi connectivity index (χ1v) is 8.21. The van der Waals surface area contributed by atoms with E-state index in [1.54, 1.807) is 13.1 Å². The Balaban J connectivity index is 2.33. The Morgan fingerprint density at radius 3 is 2.80 bits per heavy atom. The van der Waals surface area contributed by atoms with Crippen molar-refractivity contribution in [3.05, 3.63) is 59.6 Å². The second kappa shape index (κ2) is 8.78. The minimum atomic E-state index is -0.593. The maximum atomic E-state index is 11.8. The maximum absolute atomic E-state index is 11.8. The van der Waals surface area contributed by atoms with Crippen molar-refractivity contribution in [3.63, 3.8) is 0 Å². The molecule has 0 fully saturated rings. The number of aliphatic hydroxyl groups is 1. The summed E-state index contributed by atoms with van der Waals surface area (Å²) in [7, 11) is 0. The van der Waals surface area contributed by atoms with Gasteiger partial charge in [-0.15, -0.1) is 0 Å². The van der Waals surface area contributed by atoms with Crippen molar-refractivity contribution in [2.24, 2.45) is 4.99 Å². The monoisotopic (exact) mass is 338 g/mol. The Hall–Kier alpha value is -2.95. The number of aromatic nitrogens is 1. The summed E-state index contributed by atoms with van der Waals surface area (Å²) >= 11 is 0. The van der Waals surface area contributed by atoms with E-state index in [0.717, 1.165) is 23.1 Å². The van der Waals surface area contributed by atoms with Gasteiger partial charge >= 0.3 is 5.97 Å². The van der Waals surface area contributed by atoms with Crippen LogP contribution in [0.2, 0.25) is 0 Å². The van der Waals surface area contributed by atoms with Crippen LogP contribution >= 0.6 is 0 Å². The molecular formula is C20H22N2O3. The predicted molar refractivity (Wildman–Crippen MR) is 99.2 cm³/mol. The van der Waals surface area contributed by atoms with Gasteiger partial charge in [0.15, 0.2) is 0 Å². The molecule has 1 N–H and O–H groups in total. The smallest absolute Gasteiger partial charge is 0.343 e. The largest absolute Gasteiger partial charge is 0.512 e. The fourth-order valence-electron chi connectivity index (χ4n) is 2.39. The van der Waals surface area contributed by atoms with Crippen molar-refractivity contribution < 1.29 is 14.6 Å². The molecule has 2 aromatic rings. The highest BCUT2D eigenvalue weighted by Gasteiger charge is 2.12. The van der Waals surface area contributed by atoms with Crippen LogP contribution in [0, 0.1) is 0 Å². The van der Waals surface area contributed by atoms with Crippen LogP contribution in [-0.2, 0) is 16.0 Å². The first kappa shape index (κ1) is 18.4. The number of hydrogen-bond acceptors (Lipinski definition) is 5. The zero-order chi connectivity index (χ0) is 18.2. The summed E-state index contributed by atoms with van der Waals surface area (Å²) in [6, 6.07) is 9.65. The van der Waals surface area contributed by atoms with E-state index < -0.39 is 5.97 Å². The van der Waals surface area contributed by atoms with E-state index in [1.807, 2.05) is 36.5 Å². The van der Waals surface area contributed by atoms with Crippen LogP contribution < -0.4 is 0 Å². The second-order valence-electron chi connectivity index (χ2n) is 5.41. The van der Waals surface area contributed by atoms with Gasteiger partial charge in [0, 0.05) is 18.6 Å².